The number of allylic oxidation sites excluding steroid dienone is 2. The number of benzene rings is 4. The molecule has 0 heterocycles. The van der Waals surface area contributed by atoms with Crippen LogP contribution in [0.4, 0.5) is 11.4 Å². The second-order valence-corrected chi connectivity index (χ2v) is 10.9. The molecule has 0 saturated heterocycles. The molecule has 3 unspecified atom stereocenters. The van der Waals surface area contributed by atoms with Gasteiger partial charge in [-0.25, -0.2) is 0 Å². The lowest BCUT2D eigenvalue weighted by Crippen LogP contribution is -2.28. The second-order valence-electron chi connectivity index (χ2n) is 10.9. The molecule has 174 valence electrons. The molecule has 1 heteroatoms. The van der Waals surface area contributed by atoms with Crippen molar-refractivity contribution >= 4 is 11.4 Å². The zero-order valence-electron chi connectivity index (χ0n) is 20.8. The summed E-state index contributed by atoms with van der Waals surface area (Å²) >= 11 is 0. The SMILES string of the molecule is CC1CC=CC2C1c1ccc(Nc3ccc(-c4cccc(-c5ccccc5)c4)cc3)cc1C2(C)C. The molecule has 0 spiro atoms. The van der Waals surface area contributed by atoms with Gasteiger partial charge in [0.15, 0.2) is 0 Å². The first kappa shape index (κ1) is 21.9. The summed E-state index contributed by atoms with van der Waals surface area (Å²) in [7, 11) is 0. The Labute approximate surface area is 209 Å². The number of hydrogen-bond donors (Lipinski definition) is 1. The predicted octanol–water partition coefficient (Wildman–Crippen LogP) is 9.35. The van der Waals surface area contributed by atoms with Crippen molar-refractivity contribution < 1.29 is 0 Å². The van der Waals surface area contributed by atoms with E-state index in [1.807, 2.05) is 0 Å². The third-order valence-electron chi connectivity index (χ3n) is 8.27. The van der Waals surface area contributed by atoms with Gasteiger partial charge in [-0.05, 0) is 93.3 Å². The van der Waals surface area contributed by atoms with E-state index in [0.29, 0.717) is 17.8 Å². The number of nitrogens with one attached hydrogen (secondary N) is 1. The lowest BCUT2D eigenvalue weighted by molar-refractivity contribution is 0.293. The van der Waals surface area contributed by atoms with Crippen LogP contribution >= 0.6 is 0 Å². The minimum absolute atomic E-state index is 0.163. The van der Waals surface area contributed by atoms with Crippen molar-refractivity contribution in [3.8, 4) is 22.3 Å². The van der Waals surface area contributed by atoms with Gasteiger partial charge < -0.3 is 5.32 Å². The van der Waals surface area contributed by atoms with E-state index in [0.717, 1.165) is 5.69 Å². The van der Waals surface area contributed by atoms with E-state index in [1.165, 1.54) is 39.9 Å². The molecule has 0 saturated carbocycles. The Balaban J connectivity index is 1.24. The van der Waals surface area contributed by atoms with Gasteiger partial charge in [0.25, 0.3) is 0 Å². The minimum atomic E-state index is 0.163. The van der Waals surface area contributed by atoms with Crippen LogP contribution in [0.15, 0.2) is 109 Å². The standard InChI is InChI=1S/C34H33N/c1-23-9-7-14-31-33(23)30-20-19-29(22-32(30)34(31,2)3)35-28-17-15-25(16-18-28)27-13-8-12-26(21-27)24-10-5-4-6-11-24/h4-8,10-23,31,33,35H,9H2,1-3H3. The summed E-state index contributed by atoms with van der Waals surface area (Å²) in [5.41, 5.74) is 10.5. The van der Waals surface area contributed by atoms with Crippen molar-refractivity contribution in [1.29, 1.82) is 0 Å². The Morgan fingerprint density at radius 3 is 2.09 bits per heavy atom. The van der Waals surface area contributed by atoms with Gasteiger partial charge in [-0.3, -0.25) is 0 Å². The van der Waals surface area contributed by atoms with Crippen molar-refractivity contribution in [2.24, 2.45) is 11.8 Å². The number of rotatable bonds is 4. The monoisotopic (exact) mass is 455 g/mol. The van der Waals surface area contributed by atoms with Crippen molar-refractivity contribution in [3.63, 3.8) is 0 Å². The Morgan fingerprint density at radius 1 is 0.686 bits per heavy atom. The van der Waals surface area contributed by atoms with Crippen LogP contribution < -0.4 is 5.32 Å². The van der Waals surface area contributed by atoms with Gasteiger partial charge in [0.2, 0.25) is 0 Å². The molecule has 0 amide bonds. The lowest BCUT2D eigenvalue weighted by Gasteiger charge is -2.34. The van der Waals surface area contributed by atoms with Crippen LogP contribution in [-0.4, -0.2) is 0 Å². The fourth-order valence-corrected chi connectivity index (χ4v) is 6.33. The molecule has 6 rings (SSSR count). The third kappa shape index (κ3) is 3.90. The summed E-state index contributed by atoms with van der Waals surface area (Å²) in [5.74, 6) is 1.95. The molecule has 0 fully saturated rings. The first-order valence-electron chi connectivity index (χ1n) is 12.8. The number of fused-ring (bicyclic) bond motifs is 3. The van der Waals surface area contributed by atoms with Crippen LogP contribution in [0, 0.1) is 11.8 Å². The summed E-state index contributed by atoms with van der Waals surface area (Å²) in [5, 5.41) is 3.66. The molecule has 0 bridgehead atoms. The molecular weight excluding hydrogens is 422 g/mol. The normalized spacial score (nSPS) is 21.9. The Hall–Kier alpha value is -3.58. The molecule has 1 N–H and O–H groups in total. The first-order valence-corrected chi connectivity index (χ1v) is 12.8. The first-order chi connectivity index (χ1) is 17.0. The molecular formula is C34H33N. The highest BCUT2D eigenvalue weighted by atomic mass is 14.9. The highest BCUT2D eigenvalue weighted by Crippen LogP contribution is 2.56. The molecule has 4 aromatic carbocycles. The molecule has 3 atom stereocenters. The van der Waals surface area contributed by atoms with Crippen molar-refractivity contribution in [2.45, 2.75) is 38.5 Å². The lowest BCUT2D eigenvalue weighted by atomic mass is 9.69. The van der Waals surface area contributed by atoms with E-state index < -0.39 is 0 Å². The maximum Gasteiger partial charge on any atom is 0.0387 e. The molecule has 35 heavy (non-hydrogen) atoms. The second kappa shape index (κ2) is 8.57. The molecule has 2 aliphatic carbocycles. The Kier molecular flexibility index (Phi) is 5.37. The fraction of sp³-hybridized carbons (Fsp3) is 0.235. The zero-order valence-corrected chi connectivity index (χ0v) is 20.8. The summed E-state index contributed by atoms with van der Waals surface area (Å²) in [6, 6.07) is 35.2. The van der Waals surface area contributed by atoms with E-state index >= 15 is 0 Å². The van der Waals surface area contributed by atoms with Crippen molar-refractivity contribution in [1.82, 2.24) is 0 Å². The summed E-state index contributed by atoms with van der Waals surface area (Å²) in [6.07, 6.45) is 6.07. The van der Waals surface area contributed by atoms with Gasteiger partial charge in [-0.2, -0.15) is 0 Å². The van der Waals surface area contributed by atoms with Crippen LogP contribution in [0.1, 0.15) is 44.2 Å². The van der Waals surface area contributed by atoms with Crippen LogP contribution in [0.3, 0.4) is 0 Å². The maximum atomic E-state index is 3.66. The van der Waals surface area contributed by atoms with Crippen molar-refractivity contribution in [3.05, 3.63) is 120 Å². The van der Waals surface area contributed by atoms with Gasteiger partial charge in [0.1, 0.15) is 0 Å². The van der Waals surface area contributed by atoms with Gasteiger partial charge in [0, 0.05) is 11.4 Å². The van der Waals surface area contributed by atoms with E-state index in [-0.39, 0.29) is 5.41 Å². The van der Waals surface area contributed by atoms with Crippen molar-refractivity contribution in [2.75, 3.05) is 5.32 Å². The maximum absolute atomic E-state index is 3.66. The summed E-state index contributed by atoms with van der Waals surface area (Å²) in [4.78, 5) is 0. The Bertz CT molecular complexity index is 1380. The minimum Gasteiger partial charge on any atom is -0.356 e. The molecule has 0 radical (unpaired) electrons. The van der Waals surface area contributed by atoms with E-state index in [1.54, 1.807) is 5.56 Å². The van der Waals surface area contributed by atoms with E-state index in [2.05, 4.69) is 135 Å². The van der Waals surface area contributed by atoms with Gasteiger partial charge in [-0.1, -0.05) is 99.7 Å². The number of hydrogen-bond acceptors (Lipinski definition) is 1. The molecule has 4 aromatic rings. The quantitative estimate of drug-likeness (QED) is 0.302. The molecule has 2 aliphatic rings. The number of anilines is 2. The van der Waals surface area contributed by atoms with Crippen LogP contribution in [0.2, 0.25) is 0 Å². The molecule has 1 nitrogen and oxygen atoms in total. The Morgan fingerprint density at radius 2 is 1.34 bits per heavy atom. The third-order valence-corrected chi connectivity index (χ3v) is 8.27. The average Bonchev–Trinajstić information content (AvgIpc) is 3.12. The van der Waals surface area contributed by atoms with Crippen LogP contribution in [0.25, 0.3) is 22.3 Å². The largest absolute Gasteiger partial charge is 0.356 e. The van der Waals surface area contributed by atoms with Gasteiger partial charge in [-0.15, -0.1) is 0 Å². The van der Waals surface area contributed by atoms with Gasteiger partial charge in [0.05, 0.1) is 0 Å². The smallest absolute Gasteiger partial charge is 0.0387 e. The average molecular weight is 456 g/mol. The highest BCUT2D eigenvalue weighted by Gasteiger charge is 2.47. The predicted molar refractivity (Wildman–Crippen MR) is 149 cm³/mol. The topological polar surface area (TPSA) is 12.0 Å². The fourth-order valence-electron chi connectivity index (χ4n) is 6.33. The summed E-state index contributed by atoms with van der Waals surface area (Å²) < 4.78 is 0. The summed E-state index contributed by atoms with van der Waals surface area (Å²) in [6.45, 7) is 7.25. The van der Waals surface area contributed by atoms with E-state index in [4.69, 9.17) is 0 Å². The van der Waals surface area contributed by atoms with E-state index in [9.17, 15) is 0 Å². The van der Waals surface area contributed by atoms with Crippen LogP contribution in [-0.2, 0) is 5.41 Å². The molecule has 0 aromatic heterocycles. The highest BCUT2D eigenvalue weighted by molar-refractivity contribution is 5.74. The zero-order chi connectivity index (χ0) is 24.0. The van der Waals surface area contributed by atoms with Gasteiger partial charge >= 0.3 is 0 Å². The van der Waals surface area contributed by atoms with Crippen LogP contribution in [0.5, 0.6) is 0 Å². The molecule has 0 aliphatic heterocycles.